The van der Waals surface area contributed by atoms with Gasteiger partial charge in [0, 0.05) is 43.2 Å². The van der Waals surface area contributed by atoms with E-state index in [9.17, 15) is 9.59 Å². The molecule has 4 rings (SSSR count). The Morgan fingerprint density at radius 1 is 1.17 bits per heavy atom. The number of aromatic nitrogens is 1. The average molecular weight is 394 g/mol. The van der Waals surface area contributed by atoms with E-state index < -0.39 is 0 Å². The second kappa shape index (κ2) is 8.51. The van der Waals surface area contributed by atoms with Crippen molar-refractivity contribution in [1.82, 2.24) is 9.88 Å². The van der Waals surface area contributed by atoms with Gasteiger partial charge in [-0.3, -0.25) is 9.78 Å². The summed E-state index contributed by atoms with van der Waals surface area (Å²) in [5, 5.41) is 3.49. The highest BCUT2D eigenvalue weighted by Gasteiger charge is 2.27. The first kappa shape index (κ1) is 19.2. The summed E-state index contributed by atoms with van der Waals surface area (Å²) < 4.78 is 5.07. The van der Waals surface area contributed by atoms with Crippen LogP contribution < -0.4 is 10.2 Å². The standard InChI is InChI=1S/C22H26N4O3/c1-2-29-22(28)25-12-9-17(10-13-25)24-18-7-11-23-19(15-18)21(27)26-14-8-16-5-3-4-6-20(16)26/h3-7,11,15,17H,2,8-10,12-14H2,1H3,(H,23,24). The lowest BCUT2D eigenvalue weighted by Crippen LogP contribution is -2.42. The van der Waals surface area contributed by atoms with Crippen molar-refractivity contribution in [1.29, 1.82) is 0 Å². The van der Waals surface area contributed by atoms with E-state index in [-0.39, 0.29) is 18.0 Å². The fourth-order valence-corrected chi connectivity index (χ4v) is 3.98. The lowest BCUT2D eigenvalue weighted by molar-refractivity contribution is 0.0974. The predicted octanol–water partition coefficient (Wildman–Crippen LogP) is 3.32. The monoisotopic (exact) mass is 394 g/mol. The Labute approximate surface area is 170 Å². The summed E-state index contributed by atoms with van der Waals surface area (Å²) in [6.07, 6.45) is 3.98. The van der Waals surface area contributed by atoms with Crippen LogP contribution in [-0.4, -0.2) is 54.2 Å². The molecule has 2 aliphatic rings. The number of para-hydroxylation sites is 1. The van der Waals surface area contributed by atoms with E-state index in [0.29, 0.717) is 31.9 Å². The molecule has 2 aromatic rings. The van der Waals surface area contributed by atoms with E-state index in [1.807, 2.05) is 37.3 Å². The Bertz CT molecular complexity index is 893. The number of fused-ring (bicyclic) bond motifs is 1. The minimum Gasteiger partial charge on any atom is -0.450 e. The van der Waals surface area contributed by atoms with E-state index in [1.165, 1.54) is 5.56 Å². The molecule has 1 aromatic carbocycles. The van der Waals surface area contributed by atoms with Crippen molar-refractivity contribution < 1.29 is 14.3 Å². The smallest absolute Gasteiger partial charge is 0.409 e. The maximum atomic E-state index is 13.0. The van der Waals surface area contributed by atoms with Gasteiger partial charge in [-0.1, -0.05) is 18.2 Å². The van der Waals surface area contributed by atoms with Crippen LogP contribution in [0.15, 0.2) is 42.6 Å². The van der Waals surface area contributed by atoms with Gasteiger partial charge in [0.15, 0.2) is 0 Å². The van der Waals surface area contributed by atoms with Crippen LogP contribution in [0.5, 0.6) is 0 Å². The summed E-state index contributed by atoms with van der Waals surface area (Å²) in [4.78, 5) is 32.7. The van der Waals surface area contributed by atoms with Gasteiger partial charge in [-0.2, -0.15) is 0 Å². The molecule has 0 aliphatic carbocycles. The van der Waals surface area contributed by atoms with Gasteiger partial charge >= 0.3 is 6.09 Å². The number of benzene rings is 1. The number of hydrogen-bond donors (Lipinski definition) is 1. The SMILES string of the molecule is CCOC(=O)N1CCC(Nc2ccnc(C(=O)N3CCc4ccccc43)c2)CC1. The fraction of sp³-hybridized carbons (Fsp3) is 0.409. The quantitative estimate of drug-likeness (QED) is 0.861. The molecule has 0 atom stereocenters. The van der Waals surface area contributed by atoms with Crippen molar-refractivity contribution in [3.63, 3.8) is 0 Å². The first-order chi connectivity index (χ1) is 14.2. The van der Waals surface area contributed by atoms with Crippen molar-refractivity contribution in [2.45, 2.75) is 32.2 Å². The van der Waals surface area contributed by atoms with E-state index in [0.717, 1.165) is 30.6 Å². The molecule has 1 aromatic heterocycles. The van der Waals surface area contributed by atoms with Crippen LogP contribution in [0.3, 0.4) is 0 Å². The van der Waals surface area contributed by atoms with E-state index >= 15 is 0 Å². The van der Waals surface area contributed by atoms with E-state index in [1.54, 1.807) is 16.0 Å². The maximum absolute atomic E-state index is 13.0. The van der Waals surface area contributed by atoms with Gasteiger partial charge in [0.05, 0.1) is 6.61 Å². The van der Waals surface area contributed by atoms with Crippen molar-refractivity contribution in [3.8, 4) is 0 Å². The van der Waals surface area contributed by atoms with Crippen LogP contribution in [0.1, 0.15) is 35.8 Å². The second-order valence-corrected chi connectivity index (χ2v) is 7.37. The number of likely N-dealkylation sites (tertiary alicyclic amines) is 1. The first-order valence-electron chi connectivity index (χ1n) is 10.2. The summed E-state index contributed by atoms with van der Waals surface area (Å²) in [6, 6.07) is 12.0. The minimum atomic E-state index is -0.242. The second-order valence-electron chi connectivity index (χ2n) is 7.37. The third-order valence-electron chi connectivity index (χ3n) is 5.50. The van der Waals surface area contributed by atoms with Gasteiger partial charge in [0.2, 0.25) is 0 Å². The normalized spacial score (nSPS) is 16.4. The Morgan fingerprint density at radius 2 is 1.97 bits per heavy atom. The fourth-order valence-electron chi connectivity index (χ4n) is 3.98. The molecule has 0 spiro atoms. The van der Waals surface area contributed by atoms with Crippen molar-refractivity contribution >= 4 is 23.4 Å². The zero-order valence-corrected chi connectivity index (χ0v) is 16.6. The number of pyridine rings is 1. The Hall–Kier alpha value is -3.09. The Kier molecular flexibility index (Phi) is 5.64. The molecule has 1 saturated heterocycles. The van der Waals surface area contributed by atoms with Crippen LogP contribution in [-0.2, 0) is 11.2 Å². The Morgan fingerprint density at radius 3 is 2.76 bits per heavy atom. The lowest BCUT2D eigenvalue weighted by Gasteiger charge is -2.32. The minimum absolute atomic E-state index is 0.0734. The molecule has 0 bridgehead atoms. The molecule has 152 valence electrons. The summed E-state index contributed by atoms with van der Waals surface area (Å²) in [6.45, 7) is 4.22. The predicted molar refractivity (Wildman–Crippen MR) is 111 cm³/mol. The number of carbonyl (C=O) groups excluding carboxylic acids is 2. The number of piperidine rings is 1. The first-order valence-corrected chi connectivity index (χ1v) is 10.2. The Balaban J connectivity index is 1.39. The van der Waals surface area contributed by atoms with Crippen LogP contribution in [0.25, 0.3) is 0 Å². The molecular weight excluding hydrogens is 368 g/mol. The van der Waals surface area contributed by atoms with Crippen LogP contribution in [0, 0.1) is 0 Å². The largest absolute Gasteiger partial charge is 0.450 e. The van der Waals surface area contributed by atoms with E-state index in [2.05, 4.69) is 16.4 Å². The topological polar surface area (TPSA) is 74.8 Å². The third kappa shape index (κ3) is 4.18. The number of nitrogens with one attached hydrogen (secondary N) is 1. The van der Waals surface area contributed by atoms with Gasteiger partial charge in [0.1, 0.15) is 5.69 Å². The summed E-state index contributed by atoms with van der Waals surface area (Å²) in [5.41, 5.74) is 3.49. The number of carbonyl (C=O) groups is 2. The summed E-state index contributed by atoms with van der Waals surface area (Å²) >= 11 is 0. The number of rotatable bonds is 4. The molecule has 1 N–H and O–H groups in total. The highest BCUT2D eigenvalue weighted by Crippen LogP contribution is 2.29. The zero-order chi connectivity index (χ0) is 20.2. The molecule has 7 heteroatoms. The van der Waals surface area contributed by atoms with Gasteiger partial charge in [-0.15, -0.1) is 0 Å². The molecule has 7 nitrogen and oxygen atoms in total. The van der Waals surface area contributed by atoms with Gasteiger partial charge in [-0.25, -0.2) is 4.79 Å². The number of anilines is 2. The van der Waals surface area contributed by atoms with Gasteiger partial charge in [-0.05, 0) is 49.9 Å². The van der Waals surface area contributed by atoms with Crippen LogP contribution in [0.4, 0.5) is 16.2 Å². The number of amides is 2. The number of ether oxygens (including phenoxy) is 1. The third-order valence-corrected chi connectivity index (χ3v) is 5.50. The van der Waals surface area contributed by atoms with Crippen molar-refractivity contribution in [2.75, 3.05) is 36.5 Å². The van der Waals surface area contributed by atoms with Crippen LogP contribution >= 0.6 is 0 Å². The van der Waals surface area contributed by atoms with Gasteiger partial charge < -0.3 is 19.9 Å². The molecule has 0 saturated carbocycles. The summed E-state index contributed by atoms with van der Waals surface area (Å²) in [5.74, 6) is -0.0734. The molecule has 2 amide bonds. The number of nitrogens with zero attached hydrogens (tertiary/aromatic N) is 3. The van der Waals surface area contributed by atoms with Crippen molar-refractivity contribution in [2.24, 2.45) is 0 Å². The molecule has 0 unspecified atom stereocenters. The maximum Gasteiger partial charge on any atom is 0.409 e. The molecule has 2 aliphatic heterocycles. The zero-order valence-electron chi connectivity index (χ0n) is 16.6. The molecule has 3 heterocycles. The number of hydrogen-bond acceptors (Lipinski definition) is 5. The highest BCUT2D eigenvalue weighted by atomic mass is 16.6. The molecule has 1 fully saturated rings. The van der Waals surface area contributed by atoms with Gasteiger partial charge in [0.25, 0.3) is 5.91 Å². The van der Waals surface area contributed by atoms with Crippen LogP contribution in [0.2, 0.25) is 0 Å². The average Bonchev–Trinajstić information content (AvgIpc) is 3.18. The summed E-state index contributed by atoms with van der Waals surface area (Å²) in [7, 11) is 0. The molecular formula is C22H26N4O3. The molecule has 29 heavy (non-hydrogen) atoms. The van der Waals surface area contributed by atoms with Crippen molar-refractivity contribution in [3.05, 3.63) is 53.9 Å². The van der Waals surface area contributed by atoms with E-state index in [4.69, 9.17) is 4.74 Å². The lowest BCUT2D eigenvalue weighted by atomic mass is 10.1. The highest BCUT2D eigenvalue weighted by molar-refractivity contribution is 6.06. The molecule has 0 radical (unpaired) electrons.